The lowest BCUT2D eigenvalue weighted by atomic mass is 10.0. The van der Waals surface area contributed by atoms with Gasteiger partial charge in [-0.3, -0.25) is 20.6 Å². The number of aromatic nitrogens is 4. The second-order valence-corrected chi connectivity index (χ2v) is 5.03. The largest absolute Gasteiger partial charge is 0.273 e. The van der Waals surface area contributed by atoms with E-state index in [-0.39, 0.29) is 6.04 Å². The Morgan fingerprint density at radius 1 is 1.40 bits per heavy atom. The molecule has 1 atom stereocenters. The molecule has 2 aromatic heterocycles. The van der Waals surface area contributed by atoms with Gasteiger partial charge in [0.25, 0.3) is 0 Å². The predicted molar refractivity (Wildman–Crippen MR) is 79.0 cm³/mol. The van der Waals surface area contributed by atoms with Crippen molar-refractivity contribution in [3.8, 4) is 0 Å². The van der Waals surface area contributed by atoms with Crippen molar-refractivity contribution in [1.82, 2.24) is 25.0 Å². The summed E-state index contributed by atoms with van der Waals surface area (Å²) >= 11 is 0. The van der Waals surface area contributed by atoms with E-state index in [2.05, 4.69) is 47.1 Å². The number of hydrogen-bond acceptors (Lipinski definition) is 4. The molecule has 3 N–H and O–H groups in total. The van der Waals surface area contributed by atoms with Crippen LogP contribution >= 0.6 is 0 Å². The van der Waals surface area contributed by atoms with Crippen LogP contribution in [0.1, 0.15) is 42.5 Å². The van der Waals surface area contributed by atoms with Crippen molar-refractivity contribution in [1.29, 1.82) is 0 Å². The van der Waals surface area contributed by atoms with Crippen LogP contribution in [0.25, 0.3) is 0 Å². The molecule has 0 saturated carbocycles. The molecule has 1 unspecified atom stereocenters. The van der Waals surface area contributed by atoms with Gasteiger partial charge in [0.1, 0.15) is 0 Å². The molecule has 0 aliphatic heterocycles. The number of nitrogens with one attached hydrogen (secondary N) is 1. The molecule has 20 heavy (non-hydrogen) atoms. The second kappa shape index (κ2) is 6.19. The summed E-state index contributed by atoms with van der Waals surface area (Å²) in [6.45, 7) is 7.16. The molecule has 0 radical (unpaired) electrons. The van der Waals surface area contributed by atoms with Gasteiger partial charge >= 0.3 is 0 Å². The van der Waals surface area contributed by atoms with Gasteiger partial charge in [0.15, 0.2) is 0 Å². The lowest BCUT2D eigenvalue weighted by Gasteiger charge is -2.16. The van der Waals surface area contributed by atoms with Gasteiger partial charge in [-0.1, -0.05) is 6.92 Å². The monoisotopic (exact) mass is 276 g/mol. The minimum Gasteiger partial charge on any atom is -0.273 e. The van der Waals surface area contributed by atoms with E-state index in [4.69, 9.17) is 5.84 Å². The van der Waals surface area contributed by atoms with Crippen molar-refractivity contribution in [3.63, 3.8) is 0 Å². The van der Waals surface area contributed by atoms with Crippen molar-refractivity contribution in [2.45, 2.75) is 46.2 Å². The maximum Gasteiger partial charge on any atom is 0.0624 e. The molecular weight excluding hydrogens is 252 g/mol. The van der Waals surface area contributed by atoms with Crippen LogP contribution in [0.15, 0.2) is 12.3 Å². The van der Waals surface area contributed by atoms with Crippen LogP contribution < -0.4 is 11.3 Å². The SMILES string of the molecule is CCc1cc(CC(NN)c2cnn(C)c2C)n(CC)n1. The Balaban J connectivity index is 2.26. The highest BCUT2D eigenvalue weighted by Crippen LogP contribution is 2.21. The first-order valence-electron chi connectivity index (χ1n) is 7.10. The van der Waals surface area contributed by atoms with Crippen molar-refractivity contribution in [2.24, 2.45) is 12.9 Å². The summed E-state index contributed by atoms with van der Waals surface area (Å²) in [5.74, 6) is 5.74. The van der Waals surface area contributed by atoms with Crippen LogP contribution in [-0.2, 0) is 26.4 Å². The molecule has 2 heterocycles. The maximum absolute atomic E-state index is 5.74. The molecule has 0 aliphatic carbocycles. The third-order valence-electron chi connectivity index (χ3n) is 3.84. The molecule has 0 aromatic carbocycles. The van der Waals surface area contributed by atoms with Crippen LogP contribution in [0.5, 0.6) is 0 Å². The fourth-order valence-electron chi connectivity index (χ4n) is 2.45. The minimum atomic E-state index is 0.0513. The van der Waals surface area contributed by atoms with Crippen molar-refractivity contribution >= 4 is 0 Å². The first-order chi connectivity index (χ1) is 9.60. The second-order valence-electron chi connectivity index (χ2n) is 5.03. The summed E-state index contributed by atoms with van der Waals surface area (Å²) in [7, 11) is 1.94. The van der Waals surface area contributed by atoms with E-state index in [9.17, 15) is 0 Å². The predicted octanol–water partition coefficient (Wildman–Crippen LogP) is 1.25. The molecule has 110 valence electrons. The van der Waals surface area contributed by atoms with E-state index in [1.54, 1.807) is 0 Å². The van der Waals surface area contributed by atoms with E-state index >= 15 is 0 Å². The van der Waals surface area contributed by atoms with E-state index in [0.717, 1.165) is 36.3 Å². The van der Waals surface area contributed by atoms with E-state index in [1.807, 2.05) is 17.9 Å². The third kappa shape index (κ3) is 2.76. The summed E-state index contributed by atoms with van der Waals surface area (Å²) in [6.07, 6.45) is 3.64. The number of rotatable bonds is 6. The number of hydrazine groups is 1. The van der Waals surface area contributed by atoms with Crippen LogP contribution in [0.3, 0.4) is 0 Å². The van der Waals surface area contributed by atoms with Crippen LogP contribution in [0.2, 0.25) is 0 Å². The summed E-state index contributed by atoms with van der Waals surface area (Å²) < 4.78 is 3.92. The highest BCUT2D eigenvalue weighted by Gasteiger charge is 2.18. The quantitative estimate of drug-likeness (QED) is 0.615. The third-order valence-corrected chi connectivity index (χ3v) is 3.84. The van der Waals surface area contributed by atoms with E-state index < -0.39 is 0 Å². The lowest BCUT2D eigenvalue weighted by Crippen LogP contribution is -2.30. The van der Waals surface area contributed by atoms with Gasteiger partial charge in [-0.25, -0.2) is 0 Å². The first kappa shape index (κ1) is 14.7. The summed E-state index contributed by atoms with van der Waals surface area (Å²) in [4.78, 5) is 0. The lowest BCUT2D eigenvalue weighted by molar-refractivity contribution is 0.514. The average molecular weight is 276 g/mol. The minimum absolute atomic E-state index is 0.0513. The van der Waals surface area contributed by atoms with Gasteiger partial charge in [-0.15, -0.1) is 0 Å². The summed E-state index contributed by atoms with van der Waals surface area (Å²) in [6, 6.07) is 2.22. The summed E-state index contributed by atoms with van der Waals surface area (Å²) in [5.41, 5.74) is 7.50. The van der Waals surface area contributed by atoms with Gasteiger partial charge < -0.3 is 0 Å². The van der Waals surface area contributed by atoms with Crippen molar-refractivity contribution in [2.75, 3.05) is 0 Å². The number of nitrogens with zero attached hydrogens (tertiary/aromatic N) is 4. The molecule has 0 spiro atoms. The average Bonchev–Trinajstić information content (AvgIpc) is 3.01. The zero-order chi connectivity index (χ0) is 14.7. The molecule has 0 fully saturated rings. The van der Waals surface area contributed by atoms with Gasteiger partial charge in [-0.2, -0.15) is 10.2 Å². The van der Waals surface area contributed by atoms with Gasteiger partial charge in [0.05, 0.1) is 17.9 Å². The zero-order valence-corrected chi connectivity index (χ0v) is 12.7. The van der Waals surface area contributed by atoms with Crippen molar-refractivity contribution in [3.05, 3.63) is 34.9 Å². The standard InChI is InChI=1S/C14H24N6/c1-5-11-7-12(20(6-2)18-11)8-14(17-15)13-9-16-19(4)10(13)3/h7,9,14,17H,5-6,8,15H2,1-4H3. The van der Waals surface area contributed by atoms with E-state index in [1.165, 1.54) is 5.69 Å². The molecule has 0 bridgehead atoms. The van der Waals surface area contributed by atoms with Crippen molar-refractivity contribution < 1.29 is 0 Å². The Kier molecular flexibility index (Phi) is 4.57. The maximum atomic E-state index is 5.74. The van der Waals surface area contributed by atoms with Crippen LogP contribution in [0, 0.1) is 6.92 Å². The number of aryl methyl sites for hydroxylation is 3. The topological polar surface area (TPSA) is 73.7 Å². The molecule has 6 heteroatoms. The molecule has 0 amide bonds. The van der Waals surface area contributed by atoms with Gasteiger partial charge in [0, 0.05) is 37.0 Å². The Hall–Kier alpha value is -1.66. The smallest absolute Gasteiger partial charge is 0.0624 e. The highest BCUT2D eigenvalue weighted by atomic mass is 15.3. The van der Waals surface area contributed by atoms with Crippen LogP contribution in [-0.4, -0.2) is 19.6 Å². The van der Waals surface area contributed by atoms with Crippen LogP contribution in [0.4, 0.5) is 0 Å². The zero-order valence-electron chi connectivity index (χ0n) is 12.7. The first-order valence-corrected chi connectivity index (χ1v) is 7.10. The molecule has 0 saturated heterocycles. The van der Waals surface area contributed by atoms with Gasteiger partial charge in [-0.05, 0) is 26.3 Å². The Morgan fingerprint density at radius 3 is 2.65 bits per heavy atom. The molecule has 0 aliphatic rings. The molecular formula is C14H24N6. The fraction of sp³-hybridized carbons (Fsp3) is 0.571. The normalized spacial score (nSPS) is 12.8. The summed E-state index contributed by atoms with van der Waals surface area (Å²) in [5, 5.41) is 8.87. The number of nitrogens with two attached hydrogens (primary N) is 1. The van der Waals surface area contributed by atoms with E-state index in [0.29, 0.717) is 0 Å². The molecule has 2 aromatic rings. The Morgan fingerprint density at radius 2 is 2.15 bits per heavy atom. The molecule has 2 rings (SSSR count). The molecule has 6 nitrogen and oxygen atoms in total. The Labute approximate surface area is 119 Å². The highest BCUT2D eigenvalue weighted by molar-refractivity contribution is 5.23. The Bertz CT molecular complexity index is 568. The van der Waals surface area contributed by atoms with Gasteiger partial charge in [0.2, 0.25) is 0 Å². The fourth-order valence-corrected chi connectivity index (χ4v) is 2.45. The number of hydrogen-bond donors (Lipinski definition) is 2.